The highest BCUT2D eigenvalue weighted by molar-refractivity contribution is 6.31. The fourth-order valence-electron chi connectivity index (χ4n) is 3.89. The maximum Gasteiger partial charge on any atom is 0.0451 e. The van der Waals surface area contributed by atoms with E-state index in [2.05, 4.69) is 28.9 Å². The molecule has 116 valence electrons. The van der Waals surface area contributed by atoms with Gasteiger partial charge in [0, 0.05) is 43.8 Å². The Kier molecular flexibility index (Phi) is 5.20. The minimum absolute atomic E-state index is 0.844. The molecule has 1 saturated carbocycles. The molecule has 0 aromatic heterocycles. The van der Waals surface area contributed by atoms with E-state index in [1.807, 2.05) is 12.1 Å². The Morgan fingerprint density at radius 1 is 1.10 bits per heavy atom. The van der Waals surface area contributed by atoms with Crippen LogP contribution in [0.3, 0.4) is 0 Å². The summed E-state index contributed by atoms with van der Waals surface area (Å²) in [6, 6.07) is 9.08. The van der Waals surface area contributed by atoms with Crippen molar-refractivity contribution in [2.75, 3.05) is 26.2 Å². The van der Waals surface area contributed by atoms with Gasteiger partial charge in [-0.3, -0.25) is 9.80 Å². The van der Waals surface area contributed by atoms with Gasteiger partial charge in [-0.05, 0) is 30.4 Å². The van der Waals surface area contributed by atoms with Crippen molar-refractivity contribution in [2.24, 2.45) is 5.92 Å². The summed E-state index contributed by atoms with van der Waals surface area (Å²) in [5.41, 5.74) is 1.26. The van der Waals surface area contributed by atoms with E-state index in [9.17, 15) is 0 Å². The molecule has 0 bridgehead atoms. The summed E-state index contributed by atoms with van der Waals surface area (Å²) < 4.78 is 0. The highest BCUT2D eigenvalue weighted by Crippen LogP contribution is 2.28. The Hall–Kier alpha value is -0.570. The van der Waals surface area contributed by atoms with Crippen molar-refractivity contribution in [1.82, 2.24) is 9.80 Å². The van der Waals surface area contributed by atoms with Crippen molar-refractivity contribution >= 4 is 11.6 Å². The SMILES string of the molecule is CC1CCCC(N2CCN(Cc3ccccc3Cl)CC2)C1. The maximum atomic E-state index is 6.27. The number of benzene rings is 1. The summed E-state index contributed by atoms with van der Waals surface area (Å²) in [7, 11) is 0. The predicted octanol–water partition coefficient (Wildman–Crippen LogP) is 4.04. The number of rotatable bonds is 3. The van der Waals surface area contributed by atoms with E-state index >= 15 is 0 Å². The van der Waals surface area contributed by atoms with Crippen molar-refractivity contribution in [3.63, 3.8) is 0 Å². The van der Waals surface area contributed by atoms with Gasteiger partial charge < -0.3 is 0 Å². The first kappa shape index (κ1) is 15.3. The number of nitrogens with zero attached hydrogens (tertiary/aromatic N) is 2. The molecule has 2 atom stereocenters. The molecule has 1 heterocycles. The van der Waals surface area contributed by atoms with E-state index in [-0.39, 0.29) is 0 Å². The van der Waals surface area contributed by atoms with Crippen molar-refractivity contribution in [3.05, 3.63) is 34.9 Å². The smallest absolute Gasteiger partial charge is 0.0451 e. The fraction of sp³-hybridized carbons (Fsp3) is 0.667. The first-order valence-corrected chi connectivity index (χ1v) is 8.80. The first-order chi connectivity index (χ1) is 10.2. The summed E-state index contributed by atoms with van der Waals surface area (Å²) in [4.78, 5) is 5.28. The van der Waals surface area contributed by atoms with Crippen LogP contribution in [0.15, 0.2) is 24.3 Å². The zero-order valence-electron chi connectivity index (χ0n) is 13.1. The molecule has 1 aromatic rings. The van der Waals surface area contributed by atoms with Gasteiger partial charge in [0.1, 0.15) is 0 Å². The lowest BCUT2D eigenvalue weighted by molar-refractivity contribution is 0.0659. The summed E-state index contributed by atoms with van der Waals surface area (Å²) in [6.07, 6.45) is 5.67. The van der Waals surface area contributed by atoms with Crippen LogP contribution in [0.4, 0.5) is 0 Å². The second-order valence-corrected chi connectivity index (χ2v) is 7.24. The van der Waals surface area contributed by atoms with Gasteiger partial charge in [-0.15, -0.1) is 0 Å². The van der Waals surface area contributed by atoms with Crippen LogP contribution in [0.2, 0.25) is 5.02 Å². The fourth-order valence-corrected chi connectivity index (χ4v) is 4.08. The van der Waals surface area contributed by atoms with Crippen LogP contribution < -0.4 is 0 Å². The van der Waals surface area contributed by atoms with Crippen LogP contribution in [-0.4, -0.2) is 42.0 Å². The van der Waals surface area contributed by atoms with Gasteiger partial charge in [-0.2, -0.15) is 0 Å². The zero-order chi connectivity index (χ0) is 14.7. The number of hydrogen-bond donors (Lipinski definition) is 0. The van der Waals surface area contributed by atoms with Gasteiger partial charge >= 0.3 is 0 Å². The highest BCUT2D eigenvalue weighted by Gasteiger charge is 2.27. The number of piperazine rings is 1. The van der Waals surface area contributed by atoms with E-state index in [0.29, 0.717) is 0 Å². The average molecular weight is 307 g/mol. The quantitative estimate of drug-likeness (QED) is 0.831. The average Bonchev–Trinajstić information content (AvgIpc) is 2.50. The Bertz CT molecular complexity index is 454. The van der Waals surface area contributed by atoms with Gasteiger partial charge in [0.05, 0.1) is 0 Å². The largest absolute Gasteiger partial charge is 0.298 e. The highest BCUT2D eigenvalue weighted by atomic mass is 35.5. The Morgan fingerprint density at radius 3 is 2.57 bits per heavy atom. The van der Waals surface area contributed by atoms with Crippen LogP contribution in [0.1, 0.15) is 38.2 Å². The van der Waals surface area contributed by atoms with E-state index in [0.717, 1.165) is 23.5 Å². The first-order valence-electron chi connectivity index (χ1n) is 8.42. The van der Waals surface area contributed by atoms with Crippen LogP contribution in [0.5, 0.6) is 0 Å². The molecule has 2 unspecified atom stereocenters. The summed E-state index contributed by atoms with van der Waals surface area (Å²) in [6.45, 7) is 8.21. The molecule has 2 aliphatic rings. The molecule has 2 nitrogen and oxygen atoms in total. The Balaban J connectivity index is 1.50. The molecule has 0 N–H and O–H groups in total. The number of halogens is 1. The van der Waals surface area contributed by atoms with E-state index in [4.69, 9.17) is 11.6 Å². The third-order valence-corrected chi connectivity index (χ3v) is 5.55. The van der Waals surface area contributed by atoms with Gasteiger partial charge in [0.15, 0.2) is 0 Å². The Morgan fingerprint density at radius 2 is 1.86 bits per heavy atom. The molecule has 1 aliphatic heterocycles. The summed E-state index contributed by atoms with van der Waals surface area (Å²) in [5, 5.41) is 0.904. The monoisotopic (exact) mass is 306 g/mol. The second-order valence-electron chi connectivity index (χ2n) is 6.83. The second kappa shape index (κ2) is 7.13. The molecular formula is C18H27ClN2. The summed E-state index contributed by atoms with van der Waals surface area (Å²) in [5.74, 6) is 0.921. The van der Waals surface area contributed by atoms with E-state index < -0.39 is 0 Å². The number of hydrogen-bond acceptors (Lipinski definition) is 2. The minimum Gasteiger partial charge on any atom is -0.298 e. The van der Waals surface area contributed by atoms with Crippen LogP contribution in [-0.2, 0) is 6.54 Å². The predicted molar refractivity (Wildman–Crippen MR) is 89.7 cm³/mol. The summed E-state index contributed by atoms with van der Waals surface area (Å²) >= 11 is 6.27. The Labute approximate surface area is 134 Å². The standard InChI is InChI=1S/C18H27ClN2/c1-15-5-4-7-17(13-15)21-11-9-20(10-12-21)14-16-6-2-3-8-18(16)19/h2-3,6,8,15,17H,4-5,7,9-14H2,1H3. The van der Waals surface area contributed by atoms with Crippen molar-refractivity contribution < 1.29 is 0 Å². The third-order valence-electron chi connectivity index (χ3n) is 5.18. The molecule has 3 rings (SSSR count). The van der Waals surface area contributed by atoms with Crippen molar-refractivity contribution in [3.8, 4) is 0 Å². The molecule has 1 saturated heterocycles. The molecule has 1 aliphatic carbocycles. The van der Waals surface area contributed by atoms with Gasteiger partial charge in [0.2, 0.25) is 0 Å². The molecule has 1 aromatic carbocycles. The van der Waals surface area contributed by atoms with Crippen LogP contribution in [0.25, 0.3) is 0 Å². The lowest BCUT2D eigenvalue weighted by Gasteiger charge is -2.42. The van der Waals surface area contributed by atoms with E-state index in [1.165, 1.54) is 57.4 Å². The molecule has 21 heavy (non-hydrogen) atoms. The van der Waals surface area contributed by atoms with Gasteiger partial charge in [-0.1, -0.05) is 49.6 Å². The zero-order valence-corrected chi connectivity index (χ0v) is 13.9. The van der Waals surface area contributed by atoms with Crippen molar-refractivity contribution in [1.29, 1.82) is 0 Å². The normalized spacial score (nSPS) is 28.7. The minimum atomic E-state index is 0.844. The molecular weight excluding hydrogens is 280 g/mol. The third kappa shape index (κ3) is 4.00. The maximum absolute atomic E-state index is 6.27. The molecule has 2 fully saturated rings. The topological polar surface area (TPSA) is 6.48 Å². The molecule has 3 heteroatoms. The van der Waals surface area contributed by atoms with Gasteiger partial charge in [0.25, 0.3) is 0 Å². The van der Waals surface area contributed by atoms with Gasteiger partial charge in [-0.25, -0.2) is 0 Å². The molecule has 0 amide bonds. The van der Waals surface area contributed by atoms with Crippen molar-refractivity contribution in [2.45, 2.75) is 45.2 Å². The van der Waals surface area contributed by atoms with Crippen LogP contribution in [0, 0.1) is 5.92 Å². The molecule has 0 spiro atoms. The lowest BCUT2D eigenvalue weighted by Crippen LogP contribution is -2.50. The molecule has 0 radical (unpaired) electrons. The van der Waals surface area contributed by atoms with Crippen LogP contribution >= 0.6 is 11.6 Å². The van der Waals surface area contributed by atoms with E-state index in [1.54, 1.807) is 0 Å². The lowest BCUT2D eigenvalue weighted by atomic mass is 9.86.